The maximum absolute atomic E-state index is 12.4. The highest BCUT2D eigenvalue weighted by Gasteiger charge is 2.30. The summed E-state index contributed by atoms with van der Waals surface area (Å²) >= 11 is 0. The van der Waals surface area contributed by atoms with Crippen LogP contribution in [0.15, 0.2) is 34.9 Å². The fourth-order valence-corrected chi connectivity index (χ4v) is 3.41. The van der Waals surface area contributed by atoms with E-state index in [-0.39, 0.29) is 6.03 Å². The molecule has 2 fully saturated rings. The van der Waals surface area contributed by atoms with E-state index in [2.05, 4.69) is 15.5 Å². The molecule has 0 spiro atoms. The Labute approximate surface area is 147 Å². The maximum atomic E-state index is 12.4. The number of nitrogens with one attached hydrogen (secondary N) is 1. The lowest BCUT2D eigenvalue weighted by Gasteiger charge is -2.32. The second-order valence-corrected chi connectivity index (χ2v) is 7.12. The minimum absolute atomic E-state index is 0.0118. The summed E-state index contributed by atoms with van der Waals surface area (Å²) in [7, 11) is 0. The number of benzene rings is 1. The minimum Gasteiger partial charge on any atom is -0.339 e. The Kier molecular flexibility index (Phi) is 4.68. The molecule has 1 N–H and O–H groups in total. The molecule has 1 atom stereocenters. The zero-order valence-corrected chi connectivity index (χ0v) is 14.4. The molecule has 1 aromatic carbocycles. The predicted molar refractivity (Wildman–Crippen MR) is 93.0 cm³/mol. The molecule has 4 rings (SSSR count). The van der Waals surface area contributed by atoms with Gasteiger partial charge in [-0.15, -0.1) is 0 Å². The first-order chi connectivity index (χ1) is 12.3. The highest BCUT2D eigenvalue weighted by molar-refractivity contribution is 5.74. The molecule has 2 heterocycles. The highest BCUT2D eigenvalue weighted by atomic mass is 16.5. The molecule has 132 valence electrons. The Bertz CT molecular complexity index is 711. The Balaban J connectivity index is 1.28. The molecule has 1 aromatic heterocycles. The van der Waals surface area contributed by atoms with E-state index in [1.54, 1.807) is 0 Å². The summed E-state index contributed by atoms with van der Waals surface area (Å²) in [5, 5.41) is 7.10. The maximum Gasteiger partial charge on any atom is 0.317 e. The predicted octanol–water partition coefficient (Wildman–Crippen LogP) is 3.11. The first-order valence-corrected chi connectivity index (χ1v) is 9.17. The number of amides is 2. The van der Waals surface area contributed by atoms with Gasteiger partial charge < -0.3 is 14.7 Å². The van der Waals surface area contributed by atoms with E-state index in [9.17, 15) is 4.79 Å². The molecule has 1 aliphatic heterocycles. The number of rotatable bonds is 5. The number of hydrogen-bond acceptors (Lipinski definition) is 4. The van der Waals surface area contributed by atoms with E-state index < -0.39 is 0 Å². The molecule has 2 amide bonds. The number of piperidine rings is 1. The monoisotopic (exact) mass is 340 g/mol. The quantitative estimate of drug-likeness (QED) is 0.908. The van der Waals surface area contributed by atoms with Crippen molar-refractivity contribution in [2.45, 2.75) is 44.6 Å². The van der Waals surface area contributed by atoms with Gasteiger partial charge >= 0.3 is 6.03 Å². The molecular formula is C19H24N4O2. The van der Waals surface area contributed by atoms with Gasteiger partial charge in [-0.1, -0.05) is 35.5 Å². The molecule has 25 heavy (non-hydrogen) atoms. The largest absolute Gasteiger partial charge is 0.339 e. The zero-order valence-electron chi connectivity index (χ0n) is 14.4. The fraction of sp³-hybridized carbons (Fsp3) is 0.526. The van der Waals surface area contributed by atoms with Gasteiger partial charge in [0.05, 0.1) is 0 Å². The van der Waals surface area contributed by atoms with Gasteiger partial charge in [0.2, 0.25) is 5.89 Å². The van der Waals surface area contributed by atoms with E-state index in [0.29, 0.717) is 18.4 Å². The number of hydrogen-bond donors (Lipinski definition) is 1. The number of carbonyl (C=O) groups is 1. The van der Waals surface area contributed by atoms with Crippen LogP contribution in [0.2, 0.25) is 0 Å². The molecule has 6 nitrogen and oxygen atoms in total. The van der Waals surface area contributed by atoms with Crippen molar-refractivity contribution in [2.75, 3.05) is 13.1 Å². The smallest absolute Gasteiger partial charge is 0.317 e. The van der Waals surface area contributed by atoms with Crippen molar-refractivity contribution in [2.24, 2.45) is 5.92 Å². The van der Waals surface area contributed by atoms with Crippen molar-refractivity contribution in [1.82, 2.24) is 20.4 Å². The highest BCUT2D eigenvalue weighted by Crippen LogP contribution is 2.38. The average Bonchev–Trinajstić information content (AvgIpc) is 3.40. The van der Waals surface area contributed by atoms with Crippen molar-refractivity contribution in [3.63, 3.8) is 0 Å². The standard InChI is InChI=1S/C19H24N4O2/c24-19(20-12-14-5-2-1-3-6-14)23-10-4-7-15(13-23)11-17-21-18(22-25-17)16-8-9-16/h1-3,5-6,15-16H,4,7-13H2,(H,20,24)/t15-/m1/s1. The second-order valence-electron chi connectivity index (χ2n) is 7.12. The SMILES string of the molecule is O=C(NCc1ccccc1)N1CCC[C@H](Cc2nc(C3CC3)no2)C1. The van der Waals surface area contributed by atoms with E-state index >= 15 is 0 Å². The molecule has 1 saturated heterocycles. The lowest BCUT2D eigenvalue weighted by molar-refractivity contribution is 0.161. The van der Waals surface area contributed by atoms with Crippen LogP contribution in [0.1, 0.15) is 48.9 Å². The van der Waals surface area contributed by atoms with Gasteiger partial charge in [0.15, 0.2) is 5.82 Å². The molecule has 1 aliphatic carbocycles. The molecule has 2 aliphatic rings. The lowest BCUT2D eigenvalue weighted by atomic mass is 9.95. The Morgan fingerprint density at radius 2 is 2.08 bits per heavy atom. The van der Waals surface area contributed by atoms with Gasteiger partial charge in [0.1, 0.15) is 0 Å². The van der Waals surface area contributed by atoms with Gasteiger partial charge in [-0.3, -0.25) is 0 Å². The lowest BCUT2D eigenvalue weighted by Crippen LogP contribution is -2.45. The molecule has 1 saturated carbocycles. The van der Waals surface area contributed by atoms with Crippen molar-refractivity contribution in [1.29, 1.82) is 0 Å². The van der Waals surface area contributed by atoms with Gasteiger partial charge in [0, 0.05) is 32.0 Å². The van der Waals surface area contributed by atoms with Crippen LogP contribution in [0.25, 0.3) is 0 Å². The molecule has 0 unspecified atom stereocenters. The third-order valence-electron chi connectivity index (χ3n) is 4.98. The van der Waals surface area contributed by atoms with Crippen LogP contribution in [0.5, 0.6) is 0 Å². The fourth-order valence-electron chi connectivity index (χ4n) is 3.41. The molecule has 6 heteroatoms. The van der Waals surface area contributed by atoms with Crippen LogP contribution in [0.3, 0.4) is 0 Å². The van der Waals surface area contributed by atoms with Gasteiger partial charge in [-0.2, -0.15) is 4.98 Å². The summed E-state index contributed by atoms with van der Waals surface area (Å²) in [6.45, 7) is 2.13. The van der Waals surface area contributed by atoms with E-state index in [4.69, 9.17) is 4.52 Å². The third kappa shape index (κ3) is 4.18. The van der Waals surface area contributed by atoms with Gasteiger partial charge in [-0.25, -0.2) is 4.79 Å². The number of aromatic nitrogens is 2. The summed E-state index contributed by atoms with van der Waals surface area (Å²) in [6.07, 6.45) is 5.24. The van der Waals surface area contributed by atoms with Crippen LogP contribution < -0.4 is 5.32 Å². The molecule has 2 aromatic rings. The Morgan fingerprint density at radius 3 is 2.88 bits per heavy atom. The van der Waals surface area contributed by atoms with Gasteiger partial charge in [-0.05, 0) is 37.2 Å². The second kappa shape index (κ2) is 7.25. The number of carbonyl (C=O) groups excluding carboxylic acids is 1. The Hall–Kier alpha value is -2.37. The first-order valence-electron chi connectivity index (χ1n) is 9.17. The Morgan fingerprint density at radius 1 is 1.24 bits per heavy atom. The van der Waals surface area contributed by atoms with Crippen LogP contribution in [-0.2, 0) is 13.0 Å². The summed E-state index contributed by atoms with van der Waals surface area (Å²) in [4.78, 5) is 18.9. The minimum atomic E-state index is 0.0118. The summed E-state index contributed by atoms with van der Waals surface area (Å²) in [5.74, 6) is 2.49. The van der Waals surface area contributed by atoms with Crippen LogP contribution >= 0.6 is 0 Å². The van der Waals surface area contributed by atoms with E-state index in [0.717, 1.165) is 49.6 Å². The number of nitrogens with zero attached hydrogens (tertiary/aromatic N) is 3. The molecule has 0 radical (unpaired) electrons. The van der Waals surface area contributed by atoms with E-state index in [1.807, 2.05) is 35.2 Å². The molecular weight excluding hydrogens is 316 g/mol. The molecule has 0 bridgehead atoms. The van der Waals surface area contributed by atoms with E-state index in [1.165, 1.54) is 12.8 Å². The topological polar surface area (TPSA) is 71.3 Å². The summed E-state index contributed by atoms with van der Waals surface area (Å²) < 4.78 is 5.39. The van der Waals surface area contributed by atoms with Crippen LogP contribution in [-0.4, -0.2) is 34.2 Å². The number of likely N-dealkylation sites (tertiary alicyclic amines) is 1. The van der Waals surface area contributed by atoms with Crippen molar-refractivity contribution in [3.05, 3.63) is 47.6 Å². The average molecular weight is 340 g/mol. The summed E-state index contributed by atoms with van der Waals surface area (Å²) in [5.41, 5.74) is 1.11. The zero-order chi connectivity index (χ0) is 17.1. The van der Waals surface area contributed by atoms with Crippen LogP contribution in [0.4, 0.5) is 4.79 Å². The normalized spacial score (nSPS) is 20.5. The first kappa shape index (κ1) is 16.1. The summed E-state index contributed by atoms with van der Waals surface area (Å²) in [6, 6.07) is 10.0. The van der Waals surface area contributed by atoms with Crippen LogP contribution in [0, 0.1) is 5.92 Å². The number of urea groups is 1. The van der Waals surface area contributed by atoms with Crippen molar-refractivity contribution in [3.8, 4) is 0 Å². The van der Waals surface area contributed by atoms with Crippen molar-refractivity contribution < 1.29 is 9.32 Å². The van der Waals surface area contributed by atoms with Crippen molar-refractivity contribution >= 4 is 6.03 Å². The third-order valence-corrected chi connectivity index (χ3v) is 4.98. The van der Waals surface area contributed by atoms with Gasteiger partial charge in [0.25, 0.3) is 0 Å².